The Morgan fingerprint density at radius 3 is 0.893 bits per heavy atom. The SMILES string of the molecule is CCCCCCCCCCCC[N+](C)(C)CCCCCC[N+](C)(C)CCCC. The van der Waals surface area contributed by atoms with Crippen LogP contribution in [0.1, 0.15) is 117 Å². The summed E-state index contributed by atoms with van der Waals surface area (Å²) in [6.45, 7) is 10.0. The second kappa shape index (κ2) is 17.8. The van der Waals surface area contributed by atoms with Crippen LogP contribution in [0.15, 0.2) is 0 Å². The summed E-state index contributed by atoms with van der Waals surface area (Å²) in [7, 11) is 9.70. The van der Waals surface area contributed by atoms with Crippen LogP contribution in [0.25, 0.3) is 0 Å². The fourth-order valence-corrected chi connectivity index (χ4v) is 4.27. The number of hydrogen-bond acceptors (Lipinski definition) is 0. The second-order valence-electron chi connectivity index (χ2n) is 10.7. The van der Waals surface area contributed by atoms with E-state index in [1.165, 1.54) is 138 Å². The van der Waals surface area contributed by atoms with Gasteiger partial charge in [0.15, 0.2) is 0 Å². The van der Waals surface area contributed by atoms with Gasteiger partial charge in [0.05, 0.1) is 54.4 Å². The minimum absolute atomic E-state index is 1.22. The fourth-order valence-electron chi connectivity index (χ4n) is 4.27. The lowest BCUT2D eigenvalue weighted by molar-refractivity contribution is -0.891. The molecule has 0 aliphatic carbocycles. The minimum Gasteiger partial charge on any atom is -0.328 e. The normalized spacial score (nSPS) is 12.6. The largest absolute Gasteiger partial charge is 0.328 e. The van der Waals surface area contributed by atoms with Crippen molar-refractivity contribution >= 4 is 0 Å². The predicted octanol–water partition coefficient (Wildman–Crippen LogP) is 7.42. The van der Waals surface area contributed by atoms with Crippen LogP contribution in [0.5, 0.6) is 0 Å². The van der Waals surface area contributed by atoms with E-state index in [0.717, 1.165) is 0 Å². The topological polar surface area (TPSA) is 0 Å². The monoisotopic (exact) mass is 398 g/mol. The maximum atomic E-state index is 2.44. The summed E-state index contributed by atoms with van der Waals surface area (Å²) in [5, 5.41) is 0. The van der Waals surface area contributed by atoms with Crippen molar-refractivity contribution in [3.63, 3.8) is 0 Å². The van der Waals surface area contributed by atoms with E-state index in [1.54, 1.807) is 0 Å². The van der Waals surface area contributed by atoms with Crippen molar-refractivity contribution in [1.29, 1.82) is 0 Å². The number of rotatable bonds is 21. The summed E-state index contributed by atoms with van der Waals surface area (Å²) < 4.78 is 2.45. The summed E-state index contributed by atoms with van der Waals surface area (Å²) in [6.07, 6.45) is 22.8. The van der Waals surface area contributed by atoms with E-state index in [0.29, 0.717) is 0 Å². The van der Waals surface area contributed by atoms with Gasteiger partial charge in [0.25, 0.3) is 0 Å². The highest BCUT2D eigenvalue weighted by molar-refractivity contribution is 4.49. The molecule has 0 amide bonds. The van der Waals surface area contributed by atoms with Gasteiger partial charge in [0, 0.05) is 0 Å². The first kappa shape index (κ1) is 27.9. The molecule has 0 aliphatic rings. The molecule has 2 heteroatoms. The van der Waals surface area contributed by atoms with Gasteiger partial charge in [-0.25, -0.2) is 0 Å². The molecule has 0 saturated heterocycles. The number of hydrogen-bond donors (Lipinski definition) is 0. The van der Waals surface area contributed by atoms with Crippen LogP contribution in [0.4, 0.5) is 0 Å². The molecule has 0 unspecified atom stereocenters. The first-order chi connectivity index (χ1) is 13.3. The molecule has 0 rings (SSSR count). The fraction of sp³-hybridized carbons (Fsp3) is 1.00. The average Bonchev–Trinajstić information content (AvgIpc) is 2.64. The van der Waals surface area contributed by atoms with E-state index in [2.05, 4.69) is 42.0 Å². The Morgan fingerprint density at radius 1 is 0.321 bits per heavy atom. The molecular formula is C26H58N2+2. The van der Waals surface area contributed by atoms with Crippen molar-refractivity contribution in [2.45, 2.75) is 117 Å². The highest BCUT2D eigenvalue weighted by atomic mass is 15.3. The molecule has 2 nitrogen and oxygen atoms in total. The maximum Gasteiger partial charge on any atom is 0.0782 e. The number of nitrogens with zero attached hydrogens (tertiary/aromatic N) is 2. The molecule has 0 atom stereocenters. The van der Waals surface area contributed by atoms with Crippen molar-refractivity contribution in [3.8, 4) is 0 Å². The van der Waals surface area contributed by atoms with Crippen LogP contribution in [-0.2, 0) is 0 Å². The van der Waals surface area contributed by atoms with Gasteiger partial charge >= 0.3 is 0 Å². The van der Waals surface area contributed by atoms with Crippen LogP contribution in [0, 0.1) is 0 Å². The third-order valence-electron chi connectivity index (χ3n) is 6.51. The van der Waals surface area contributed by atoms with Crippen LogP contribution < -0.4 is 0 Å². The quantitative estimate of drug-likeness (QED) is 0.139. The number of quaternary nitrogens is 2. The van der Waals surface area contributed by atoms with Crippen LogP contribution >= 0.6 is 0 Å². The Kier molecular flexibility index (Phi) is 17.7. The molecule has 0 aromatic rings. The molecule has 0 saturated carbocycles. The third kappa shape index (κ3) is 19.2. The van der Waals surface area contributed by atoms with Crippen LogP contribution in [0.2, 0.25) is 0 Å². The molecule has 0 aromatic carbocycles. The molecule has 0 radical (unpaired) electrons. The Balaban J connectivity index is 3.50. The zero-order valence-corrected chi connectivity index (χ0v) is 21.0. The lowest BCUT2D eigenvalue weighted by atomic mass is 10.1. The van der Waals surface area contributed by atoms with E-state index in [1.807, 2.05) is 0 Å². The molecule has 28 heavy (non-hydrogen) atoms. The van der Waals surface area contributed by atoms with Crippen LogP contribution in [0.3, 0.4) is 0 Å². The van der Waals surface area contributed by atoms with Crippen molar-refractivity contribution in [2.75, 3.05) is 54.4 Å². The van der Waals surface area contributed by atoms with E-state index >= 15 is 0 Å². The first-order valence-corrected chi connectivity index (χ1v) is 13.0. The Hall–Kier alpha value is -0.0800. The van der Waals surface area contributed by atoms with Gasteiger partial charge in [-0.2, -0.15) is 0 Å². The third-order valence-corrected chi connectivity index (χ3v) is 6.51. The smallest absolute Gasteiger partial charge is 0.0782 e. The molecule has 0 aromatic heterocycles. The summed E-state index contributed by atoms with van der Waals surface area (Å²) in [6, 6.07) is 0. The zero-order chi connectivity index (χ0) is 21.1. The number of unbranched alkanes of at least 4 members (excludes halogenated alkanes) is 13. The van der Waals surface area contributed by atoms with Crippen molar-refractivity contribution in [1.82, 2.24) is 0 Å². The lowest BCUT2D eigenvalue weighted by Crippen LogP contribution is -2.41. The molecular weight excluding hydrogens is 340 g/mol. The van der Waals surface area contributed by atoms with Crippen molar-refractivity contribution in [2.24, 2.45) is 0 Å². The van der Waals surface area contributed by atoms with Gasteiger partial charge in [0.2, 0.25) is 0 Å². The Labute approximate surface area is 180 Å². The van der Waals surface area contributed by atoms with Crippen molar-refractivity contribution in [3.05, 3.63) is 0 Å². The van der Waals surface area contributed by atoms with Gasteiger partial charge in [-0.15, -0.1) is 0 Å². The molecule has 0 spiro atoms. The van der Waals surface area contributed by atoms with Gasteiger partial charge in [0.1, 0.15) is 0 Å². The Bertz CT molecular complexity index is 322. The highest BCUT2D eigenvalue weighted by Gasteiger charge is 2.15. The lowest BCUT2D eigenvalue weighted by Gasteiger charge is -2.31. The van der Waals surface area contributed by atoms with E-state index < -0.39 is 0 Å². The summed E-state index contributed by atoms with van der Waals surface area (Å²) in [5.41, 5.74) is 0. The van der Waals surface area contributed by atoms with Crippen molar-refractivity contribution < 1.29 is 8.97 Å². The van der Waals surface area contributed by atoms with Gasteiger partial charge < -0.3 is 8.97 Å². The second-order valence-corrected chi connectivity index (χ2v) is 10.7. The van der Waals surface area contributed by atoms with Crippen LogP contribution in [-0.4, -0.2) is 63.3 Å². The minimum atomic E-state index is 1.22. The standard InChI is InChI=1S/C26H58N2/c1-7-9-11-12-13-14-15-16-17-20-25-28(5,6)26-22-19-18-21-24-27(3,4)23-10-8-2/h7-26H2,1-6H3/q+2. The molecule has 0 fully saturated rings. The maximum absolute atomic E-state index is 2.44. The van der Waals surface area contributed by atoms with E-state index in [4.69, 9.17) is 0 Å². The highest BCUT2D eigenvalue weighted by Crippen LogP contribution is 2.13. The molecule has 170 valence electrons. The van der Waals surface area contributed by atoms with E-state index in [-0.39, 0.29) is 0 Å². The predicted molar refractivity (Wildman–Crippen MR) is 129 cm³/mol. The van der Waals surface area contributed by atoms with Gasteiger partial charge in [-0.1, -0.05) is 71.6 Å². The summed E-state index contributed by atoms with van der Waals surface area (Å²) >= 11 is 0. The average molecular weight is 399 g/mol. The Morgan fingerprint density at radius 2 is 0.571 bits per heavy atom. The van der Waals surface area contributed by atoms with Gasteiger partial charge in [-0.05, 0) is 44.9 Å². The summed E-state index contributed by atoms with van der Waals surface area (Å²) in [4.78, 5) is 0. The molecule has 0 heterocycles. The molecule has 0 N–H and O–H groups in total. The summed E-state index contributed by atoms with van der Waals surface area (Å²) in [5.74, 6) is 0. The molecule has 0 bridgehead atoms. The first-order valence-electron chi connectivity index (χ1n) is 13.0. The molecule has 0 aliphatic heterocycles. The zero-order valence-electron chi connectivity index (χ0n) is 21.0. The van der Waals surface area contributed by atoms with E-state index in [9.17, 15) is 0 Å². The van der Waals surface area contributed by atoms with Gasteiger partial charge in [-0.3, -0.25) is 0 Å².